The van der Waals surface area contributed by atoms with Gasteiger partial charge in [-0.15, -0.1) is 0 Å². The largest absolute Gasteiger partial charge is 0.354 e. The maximum atomic E-state index is 4.99. The highest BCUT2D eigenvalue weighted by Crippen LogP contribution is 1.85. The van der Waals surface area contributed by atoms with Gasteiger partial charge in [0.2, 0.25) is 6.39 Å². The molecule has 4 N–H and O–H groups in total. The smallest absolute Gasteiger partial charge is 0.213 e. The number of aromatic nitrogens is 2. The summed E-state index contributed by atoms with van der Waals surface area (Å²) in [5.74, 6) is 5.52. The first kappa shape index (κ1) is 7.89. The van der Waals surface area contributed by atoms with E-state index in [9.17, 15) is 0 Å². The molecule has 0 saturated carbocycles. The normalized spacial score (nSPS) is 9.18. The van der Waals surface area contributed by atoms with Gasteiger partial charge < -0.3 is 15.3 Å². The van der Waals surface area contributed by atoms with Crippen molar-refractivity contribution in [1.29, 1.82) is 0 Å². The minimum atomic E-state index is 0.342. The molecule has 0 aromatic carbocycles. The standard InChI is InChI=1S/C4H7N5OS/c5-8-4(11)6-1-3-7-2-10-9-3/h2H,1,5H2,(H2,6,8,11). The van der Waals surface area contributed by atoms with Crippen LogP contribution < -0.4 is 16.6 Å². The molecule has 0 amide bonds. The molecule has 6 nitrogen and oxygen atoms in total. The van der Waals surface area contributed by atoms with E-state index in [2.05, 4.69) is 25.4 Å². The summed E-state index contributed by atoms with van der Waals surface area (Å²) in [6.45, 7) is 0.402. The lowest BCUT2D eigenvalue weighted by Crippen LogP contribution is -2.39. The molecule has 1 heterocycles. The summed E-state index contributed by atoms with van der Waals surface area (Å²) < 4.78 is 4.48. The third-order valence-corrected chi connectivity index (χ3v) is 1.21. The lowest BCUT2D eigenvalue weighted by Gasteiger charge is -2.01. The van der Waals surface area contributed by atoms with E-state index in [4.69, 9.17) is 18.1 Å². The molecule has 0 aliphatic heterocycles. The van der Waals surface area contributed by atoms with Gasteiger partial charge in [-0.3, -0.25) is 0 Å². The van der Waals surface area contributed by atoms with Crippen LogP contribution >= 0.6 is 12.2 Å². The molecule has 0 bridgehead atoms. The van der Waals surface area contributed by atoms with Crippen LogP contribution in [0.2, 0.25) is 0 Å². The van der Waals surface area contributed by atoms with Gasteiger partial charge in [0.1, 0.15) is 0 Å². The predicted molar refractivity (Wildman–Crippen MR) is 41.1 cm³/mol. The molecule has 0 fully saturated rings. The van der Waals surface area contributed by atoms with Crippen LogP contribution in [0.5, 0.6) is 0 Å². The Morgan fingerprint density at radius 3 is 3.18 bits per heavy atom. The fraction of sp³-hybridized carbons (Fsp3) is 0.250. The summed E-state index contributed by atoms with van der Waals surface area (Å²) in [6, 6.07) is 0. The van der Waals surface area contributed by atoms with Gasteiger partial charge in [-0.25, -0.2) is 5.84 Å². The van der Waals surface area contributed by atoms with Crippen molar-refractivity contribution in [1.82, 2.24) is 20.9 Å². The van der Waals surface area contributed by atoms with Crippen molar-refractivity contribution in [3.8, 4) is 0 Å². The summed E-state index contributed by atoms with van der Waals surface area (Å²) in [5.41, 5.74) is 2.26. The summed E-state index contributed by atoms with van der Waals surface area (Å²) >= 11 is 4.69. The second kappa shape index (κ2) is 3.84. The lowest BCUT2D eigenvalue weighted by atomic mass is 10.6. The highest BCUT2D eigenvalue weighted by atomic mass is 32.1. The van der Waals surface area contributed by atoms with Gasteiger partial charge in [0.25, 0.3) is 0 Å². The van der Waals surface area contributed by atoms with Crippen LogP contribution in [-0.4, -0.2) is 15.3 Å². The number of nitrogens with one attached hydrogen (secondary N) is 2. The quantitative estimate of drug-likeness (QED) is 0.297. The first-order valence-electron chi connectivity index (χ1n) is 2.82. The average molecular weight is 173 g/mol. The maximum Gasteiger partial charge on any atom is 0.213 e. The van der Waals surface area contributed by atoms with Crippen LogP contribution in [0.15, 0.2) is 10.9 Å². The Bertz CT molecular complexity index is 222. The number of rotatable bonds is 2. The van der Waals surface area contributed by atoms with Crippen LogP contribution in [-0.2, 0) is 6.54 Å². The third-order valence-electron chi connectivity index (χ3n) is 0.945. The van der Waals surface area contributed by atoms with E-state index in [1.807, 2.05) is 0 Å². The van der Waals surface area contributed by atoms with Crippen molar-refractivity contribution in [3.63, 3.8) is 0 Å². The Kier molecular flexibility index (Phi) is 2.75. The average Bonchev–Trinajstić information content (AvgIpc) is 2.52. The number of hydrogen-bond acceptors (Lipinski definition) is 5. The van der Waals surface area contributed by atoms with Crippen molar-refractivity contribution >= 4 is 17.3 Å². The minimum Gasteiger partial charge on any atom is -0.354 e. The summed E-state index contributed by atoms with van der Waals surface area (Å²) in [5, 5.41) is 6.63. The number of hydrazine groups is 1. The Morgan fingerprint density at radius 1 is 1.82 bits per heavy atom. The molecule has 60 valence electrons. The zero-order valence-electron chi connectivity index (χ0n) is 5.57. The summed E-state index contributed by atoms with van der Waals surface area (Å²) in [4.78, 5) is 3.75. The van der Waals surface area contributed by atoms with Crippen molar-refractivity contribution in [2.75, 3.05) is 0 Å². The van der Waals surface area contributed by atoms with E-state index >= 15 is 0 Å². The molecule has 0 saturated heterocycles. The highest BCUT2D eigenvalue weighted by Gasteiger charge is 1.97. The maximum absolute atomic E-state index is 4.99. The molecule has 0 atom stereocenters. The Labute approximate surface area is 68.1 Å². The number of hydrogen-bond donors (Lipinski definition) is 3. The van der Waals surface area contributed by atoms with E-state index in [0.29, 0.717) is 17.5 Å². The third kappa shape index (κ3) is 2.48. The molecule has 0 unspecified atom stereocenters. The van der Waals surface area contributed by atoms with Crippen LogP contribution in [0.3, 0.4) is 0 Å². The van der Waals surface area contributed by atoms with E-state index in [0.717, 1.165) is 0 Å². The number of thiocarbonyl (C=S) groups is 1. The molecular formula is C4H7N5OS. The van der Waals surface area contributed by atoms with Crippen molar-refractivity contribution < 1.29 is 4.52 Å². The molecule has 11 heavy (non-hydrogen) atoms. The highest BCUT2D eigenvalue weighted by molar-refractivity contribution is 7.80. The van der Waals surface area contributed by atoms with Crippen molar-refractivity contribution in [3.05, 3.63) is 12.2 Å². The molecular weight excluding hydrogens is 166 g/mol. The van der Waals surface area contributed by atoms with Crippen LogP contribution in [0, 0.1) is 0 Å². The Hall–Kier alpha value is -1.21. The Balaban J connectivity index is 2.29. The van der Waals surface area contributed by atoms with Gasteiger partial charge in [0, 0.05) is 0 Å². The molecule has 0 aliphatic carbocycles. The number of nitrogens with zero attached hydrogens (tertiary/aromatic N) is 2. The molecule has 1 aromatic rings. The van der Waals surface area contributed by atoms with E-state index < -0.39 is 0 Å². The summed E-state index contributed by atoms with van der Waals surface area (Å²) in [6.07, 6.45) is 1.25. The molecule has 0 spiro atoms. The van der Waals surface area contributed by atoms with Gasteiger partial charge in [0.05, 0.1) is 6.54 Å². The molecule has 7 heteroatoms. The molecule has 1 aromatic heterocycles. The van der Waals surface area contributed by atoms with Gasteiger partial charge in [-0.05, 0) is 12.2 Å². The summed E-state index contributed by atoms with van der Waals surface area (Å²) in [7, 11) is 0. The Morgan fingerprint density at radius 2 is 2.64 bits per heavy atom. The fourth-order valence-electron chi connectivity index (χ4n) is 0.481. The van der Waals surface area contributed by atoms with Crippen molar-refractivity contribution in [2.24, 2.45) is 5.84 Å². The topological polar surface area (TPSA) is 89.0 Å². The molecule has 0 radical (unpaired) electrons. The van der Waals surface area contributed by atoms with Gasteiger partial charge >= 0.3 is 0 Å². The van der Waals surface area contributed by atoms with Crippen molar-refractivity contribution in [2.45, 2.75) is 6.54 Å². The SMILES string of the molecule is NNC(=S)NCc1ncon1. The minimum absolute atomic E-state index is 0.342. The zero-order chi connectivity index (χ0) is 8.10. The van der Waals surface area contributed by atoms with Gasteiger partial charge in [-0.2, -0.15) is 4.98 Å². The second-order valence-electron chi connectivity index (χ2n) is 1.67. The fourth-order valence-corrected chi connectivity index (χ4v) is 0.553. The first-order valence-corrected chi connectivity index (χ1v) is 3.23. The number of nitrogens with two attached hydrogens (primary N) is 1. The van der Waals surface area contributed by atoms with Crippen LogP contribution in [0.4, 0.5) is 0 Å². The lowest BCUT2D eigenvalue weighted by molar-refractivity contribution is 0.409. The van der Waals surface area contributed by atoms with E-state index in [1.54, 1.807) is 0 Å². The molecule has 1 rings (SSSR count). The van der Waals surface area contributed by atoms with Crippen LogP contribution in [0.25, 0.3) is 0 Å². The second-order valence-corrected chi connectivity index (χ2v) is 2.08. The van der Waals surface area contributed by atoms with Gasteiger partial charge in [-0.1, -0.05) is 5.16 Å². The first-order chi connectivity index (χ1) is 5.33. The molecule has 0 aliphatic rings. The van der Waals surface area contributed by atoms with E-state index in [1.165, 1.54) is 6.39 Å². The predicted octanol–water partition coefficient (Wildman–Crippen LogP) is -1.09. The van der Waals surface area contributed by atoms with Crippen LogP contribution in [0.1, 0.15) is 5.82 Å². The zero-order valence-corrected chi connectivity index (χ0v) is 6.39. The van der Waals surface area contributed by atoms with Gasteiger partial charge in [0.15, 0.2) is 10.9 Å². The van der Waals surface area contributed by atoms with E-state index in [-0.39, 0.29) is 0 Å². The monoisotopic (exact) mass is 173 g/mol.